The summed E-state index contributed by atoms with van der Waals surface area (Å²) in [6.45, 7) is 7.55. The fourth-order valence-corrected chi connectivity index (χ4v) is 1.54. The molecule has 0 saturated carbocycles. The average Bonchev–Trinajstić information content (AvgIpc) is 2.27. The molecule has 0 bridgehead atoms. The summed E-state index contributed by atoms with van der Waals surface area (Å²) in [4.78, 5) is 0. The summed E-state index contributed by atoms with van der Waals surface area (Å²) in [7, 11) is 0. The van der Waals surface area contributed by atoms with Crippen molar-refractivity contribution in [1.82, 2.24) is 0 Å². The lowest BCUT2D eigenvalue weighted by atomic mass is 10.0. The van der Waals surface area contributed by atoms with Crippen LogP contribution in [0.25, 0.3) is 22.9 Å². The smallest absolute Gasteiger partial charge is 0.00146 e. The van der Waals surface area contributed by atoms with Crippen molar-refractivity contribution in [3.63, 3.8) is 0 Å². The Hall–Kier alpha value is -1.82. The number of benzene rings is 2. The van der Waals surface area contributed by atoms with Crippen LogP contribution in [0.2, 0.25) is 0 Å². The molecule has 0 aliphatic carbocycles. The molecule has 0 aromatic heterocycles. The van der Waals surface area contributed by atoms with Crippen LogP contribution < -0.4 is 0 Å². The average molecular weight is 179 g/mol. The first-order chi connectivity index (χ1) is 6.85. The summed E-state index contributed by atoms with van der Waals surface area (Å²) in [5.74, 6) is 0. The molecule has 0 heterocycles. The van der Waals surface area contributed by atoms with Crippen molar-refractivity contribution in [3.05, 3.63) is 60.7 Å². The van der Waals surface area contributed by atoms with Gasteiger partial charge in [0, 0.05) is 0 Å². The molecule has 0 N–H and O–H groups in total. The van der Waals surface area contributed by atoms with Gasteiger partial charge in [0.25, 0.3) is 0 Å². The number of fused-ring (bicyclic) bond motifs is 1. The van der Waals surface area contributed by atoms with E-state index in [-0.39, 0.29) is 0 Å². The number of hydrogen-bond acceptors (Lipinski definition) is 0. The van der Waals surface area contributed by atoms with E-state index in [0.29, 0.717) is 0 Å². The number of hydrogen-bond donors (Lipinski definition) is 0. The van der Waals surface area contributed by atoms with Gasteiger partial charge < -0.3 is 0 Å². The minimum atomic E-state index is 1.01. The van der Waals surface area contributed by atoms with Gasteiger partial charge in [0.15, 0.2) is 0 Å². The van der Waals surface area contributed by atoms with Gasteiger partial charge in [-0.1, -0.05) is 49.6 Å². The van der Waals surface area contributed by atoms with Gasteiger partial charge in [-0.2, -0.15) is 0 Å². The van der Waals surface area contributed by atoms with E-state index in [0.717, 1.165) is 16.5 Å². The molecule has 0 spiro atoms. The Labute approximate surface area is 84.2 Å². The Bertz CT molecular complexity index is 446. The molecule has 2 rings (SSSR count). The third-order valence-corrected chi connectivity index (χ3v) is 2.28. The molecule has 0 amide bonds. The van der Waals surface area contributed by atoms with Crippen molar-refractivity contribution in [2.75, 3.05) is 0 Å². The Balaban J connectivity index is 2.81. The van der Waals surface area contributed by atoms with Crippen molar-refractivity contribution >= 4 is 22.9 Å². The monoisotopic (exact) mass is 179 g/mol. The molecular formula is C14H11. The van der Waals surface area contributed by atoms with Gasteiger partial charge in [0.1, 0.15) is 0 Å². The zero-order valence-electron chi connectivity index (χ0n) is 7.96. The maximum Gasteiger partial charge on any atom is -0.00146 e. The number of rotatable bonds is 2. The molecule has 0 aliphatic heterocycles. The summed E-state index contributed by atoms with van der Waals surface area (Å²) in [5.41, 5.74) is 2.09. The highest BCUT2D eigenvalue weighted by Crippen LogP contribution is 2.20. The molecule has 0 atom stereocenters. The Kier molecular flexibility index (Phi) is 2.19. The van der Waals surface area contributed by atoms with Crippen LogP contribution in [0.3, 0.4) is 0 Å². The van der Waals surface area contributed by atoms with Crippen molar-refractivity contribution in [2.24, 2.45) is 0 Å². The van der Waals surface area contributed by atoms with E-state index in [9.17, 15) is 0 Å². The van der Waals surface area contributed by atoms with E-state index in [1.807, 2.05) is 24.3 Å². The Morgan fingerprint density at radius 1 is 1.07 bits per heavy atom. The Morgan fingerprint density at radius 2 is 1.86 bits per heavy atom. The fraction of sp³-hybridized carbons (Fsp3) is 0. The molecular weight excluding hydrogens is 168 g/mol. The van der Waals surface area contributed by atoms with Crippen LogP contribution in [0.5, 0.6) is 0 Å². The van der Waals surface area contributed by atoms with Gasteiger partial charge in [-0.05, 0) is 34.0 Å². The van der Waals surface area contributed by atoms with E-state index in [2.05, 4.69) is 37.4 Å². The van der Waals surface area contributed by atoms with Gasteiger partial charge in [0.2, 0.25) is 0 Å². The highest BCUT2D eigenvalue weighted by Gasteiger charge is 1.98. The molecule has 0 heteroatoms. The molecule has 14 heavy (non-hydrogen) atoms. The van der Waals surface area contributed by atoms with Gasteiger partial charge in [-0.3, -0.25) is 0 Å². The zero-order chi connectivity index (χ0) is 9.97. The van der Waals surface area contributed by atoms with Crippen LogP contribution in [0.15, 0.2) is 43.5 Å². The van der Waals surface area contributed by atoms with E-state index in [1.54, 1.807) is 0 Å². The summed E-state index contributed by atoms with van der Waals surface area (Å²) in [6.07, 6.45) is 3.64. The Morgan fingerprint density at radius 3 is 2.57 bits per heavy atom. The van der Waals surface area contributed by atoms with Crippen molar-refractivity contribution < 1.29 is 0 Å². The van der Waals surface area contributed by atoms with Crippen LogP contribution in [-0.2, 0) is 0 Å². The van der Waals surface area contributed by atoms with Crippen LogP contribution in [0, 0.1) is 6.07 Å². The molecule has 0 aliphatic rings. The summed E-state index contributed by atoms with van der Waals surface area (Å²) in [6, 6.07) is 13.6. The molecule has 0 nitrogen and oxygen atoms in total. The van der Waals surface area contributed by atoms with Gasteiger partial charge in [-0.25, -0.2) is 0 Å². The first-order valence-electron chi connectivity index (χ1n) is 4.55. The highest BCUT2D eigenvalue weighted by molar-refractivity contribution is 5.87. The topological polar surface area (TPSA) is 0 Å². The molecule has 1 radical (unpaired) electrons. The van der Waals surface area contributed by atoms with Gasteiger partial charge in [0.05, 0.1) is 0 Å². The van der Waals surface area contributed by atoms with Crippen LogP contribution in [0.4, 0.5) is 0 Å². The highest BCUT2D eigenvalue weighted by atomic mass is 14.0. The van der Waals surface area contributed by atoms with Crippen LogP contribution in [-0.4, -0.2) is 0 Å². The molecule has 2 aromatic carbocycles. The van der Waals surface area contributed by atoms with Gasteiger partial charge in [-0.15, -0.1) is 0 Å². The standard InChI is InChI=1S/C14H11/c1-3-11-9-13-7-5-6-8-14(13)10-12(11)4-2/h3-9H,1-2H2. The second-order valence-corrected chi connectivity index (χ2v) is 3.13. The van der Waals surface area contributed by atoms with E-state index >= 15 is 0 Å². The first kappa shape index (κ1) is 8.76. The molecule has 0 fully saturated rings. The van der Waals surface area contributed by atoms with Crippen molar-refractivity contribution in [3.8, 4) is 0 Å². The van der Waals surface area contributed by atoms with E-state index < -0.39 is 0 Å². The second kappa shape index (κ2) is 3.51. The summed E-state index contributed by atoms with van der Waals surface area (Å²) >= 11 is 0. The van der Waals surface area contributed by atoms with E-state index in [4.69, 9.17) is 0 Å². The van der Waals surface area contributed by atoms with E-state index in [1.165, 1.54) is 5.39 Å². The third-order valence-electron chi connectivity index (χ3n) is 2.28. The predicted octanol–water partition coefficient (Wildman–Crippen LogP) is 3.93. The third kappa shape index (κ3) is 1.35. The minimum absolute atomic E-state index is 1.01. The second-order valence-electron chi connectivity index (χ2n) is 3.13. The van der Waals surface area contributed by atoms with Crippen molar-refractivity contribution in [1.29, 1.82) is 0 Å². The van der Waals surface area contributed by atoms with Crippen LogP contribution >= 0.6 is 0 Å². The molecule has 0 saturated heterocycles. The lowest BCUT2D eigenvalue weighted by molar-refractivity contribution is 1.65. The zero-order valence-corrected chi connectivity index (χ0v) is 7.96. The summed E-state index contributed by atoms with van der Waals surface area (Å²) in [5, 5.41) is 2.31. The molecule has 2 aromatic rings. The fourth-order valence-electron chi connectivity index (χ4n) is 1.54. The maximum absolute atomic E-state index is 3.78. The minimum Gasteiger partial charge on any atom is -0.0984 e. The van der Waals surface area contributed by atoms with Crippen LogP contribution in [0.1, 0.15) is 11.1 Å². The predicted molar refractivity (Wildman–Crippen MR) is 63.0 cm³/mol. The molecule has 67 valence electrons. The maximum atomic E-state index is 3.78. The normalized spacial score (nSPS) is 10.0. The van der Waals surface area contributed by atoms with Gasteiger partial charge >= 0.3 is 0 Å². The molecule has 0 unspecified atom stereocenters. The lowest BCUT2D eigenvalue weighted by Gasteiger charge is -2.03. The summed E-state index contributed by atoms with van der Waals surface area (Å²) < 4.78 is 0. The first-order valence-corrected chi connectivity index (χ1v) is 4.55. The van der Waals surface area contributed by atoms with Crippen molar-refractivity contribution in [2.45, 2.75) is 0 Å². The quantitative estimate of drug-likeness (QED) is 0.655. The lowest BCUT2D eigenvalue weighted by Crippen LogP contribution is -1.82. The largest absolute Gasteiger partial charge is 0.0984 e. The SMILES string of the molecule is C=Cc1[c]c2ccccc2cc1C=C.